The van der Waals surface area contributed by atoms with E-state index in [9.17, 15) is 14.3 Å². The molecule has 2 atom stereocenters. The molecule has 0 bridgehead atoms. The highest BCUT2D eigenvalue weighted by Crippen LogP contribution is 1.98. The first kappa shape index (κ1) is 8.51. The number of rotatable bonds is 3. The van der Waals surface area contributed by atoms with Crippen molar-refractivity contribution in [1.29, 1.82) is 0 Å². The van der Waals surface area contributed by atoms with E-state index in [1.165, 1.54) is 6.92 Å². The molecular weight excluding hydrogens is 146 g/mol. The number of hydrogen-bond acceptors (Lipinski definition) is 3. The van der Waals surface area contributed by atoms with Gasteiger partial charge in [-0.15, -0.1) is 0 Å². The molecule has 0 rings (SSSR count). The van der Waals surface area contributed by atoms with Gasteiger partial charge in [0.25, 0.3) is 0 Å². The van der Waals surface area contributed by atoms with Crippen LogP contribution < -0.4 is 0 Å². The van der Waals surface area contributed by atoms with Crippen molar-refractivity contribution in [3.63, 3.8) is 0 Å². The normalized spacial score (nSPS) is 16.7. The Labute approximate surface area is 54.5 Å². The van der Waals surface area contributed by atoms with E-state index in [0.29, 0.717) is 0 Å². The van der Waals surface area contributed by atoms with E-state index < -0.39 is 21.4 Å². The highest BCUT2D eigenvalue weighted by molar-refractivity contribution is 7.79. The van der Waals surface area contributed by atoms with E-state index in [2.05, 4.69) is 0 Å². The van der Waals surface area contributed by atoms with Gasteiger partial charge in [0.05, 0.1) is 0 Å². The SMILES string of the molecule is CC[C@H]([N+](=O)[O-])S(=O)O. The lowest BCUT2D eigenvalue weighted by Crippen LogP contribution is -2.23. The van der Waals surface area contributed by atoms with Gasteiger partial charge in [0.15, 0.2) is 0 Å². The summed E-state index contributed by atoms with van der Waals surface area (Å²) in [6.45, 7) is 1.49. The minimum Gasteiger partial charge on any atom is -0.301 e. The monoisotopic (exact) mass is 153 g/mol. The molecule has 0 aromatic carbocycles. The summed E-state index contributed by atoms with van der Waals surface area (Å²) >= 11 is -2.33. The highest BCUT2D eigenvalue weighted by atomic mass is 32.2. The van der Waals surface area contributed by atoms with Crippen molar-refractivity contribution in [2.75, 3.05) is 0 Å². The zero-order chi connectivity index (χ0) is 7.44. The maximum Gasteiger partial charge on any atom is 0.309 e. The second-order valence-corrected chi connectivity index (χ2v) is 2.52. The fourth-order valence-corrected chi connectivity index (χ4v) is 0.798. The van der Waals surface area contributed by atoms with Crippen LogP contribution in [0.4, 0.5) is 0 Å². The minimum atomic E-state index is -2.33. The molecule has 5 nitrogen and oxygen atoms in total. The first-order valence-corrected chi connectivity index (χ1v) is 3.49. The Morgan fingerprint density at radius 3 is 2.33 bits per heavy atom. The molecule has 0 fully saturated rings. The molecule has 0 saturated heterocycles. The third-order valence-electron chi connectivity index (χ3n) is 0.817. The number of nitro groups is 1. The molecule has 0 spiro atoms. The highest BCUT2D eigenvalue weighted by Gasteiger charge is 2.23. The summed E-state index contributed by atoms with van der Waals surface area (Å²) in [4.78, 5) is 9.07. The summed E-state index contributed by atoms with van der Waals surface area (Å²) in [6, 6.07) is 0. The van der Waals surface area contributed by atoms with Crippen molar-refractivity contribution >= 4 is 11.1 Å². The molecular formula is C3H7NO4S. The van der Waals surface area contributed by atoms with Crippen LogP contribution in [0.15, 0.2) is 0 Å². The fraction of sp³-hybridized carbons (Fsp3) is 1.00. The fourth-order valence-electron chi connectivity index (χ4n) is 0.365. The Hall–Kier alpha value is -0.490. The number of hydrogen-bond donors (Lipinski definition) is 1. The summed E-state index contributed by atoms with van der Waals surface area (Å²) in [7, 11) is 0. The standard InChI is InChI=1S/C3H7NO4S/c1-2-3(4(5)6)9(7)8/h3H,2H2,1H3,(H,7,8)/t3-/m1/s1. The Morgan fingerprint density at radius 2 is 2.33 bits per heavy atom. The molecule has 0 aromatic rings. The van der Waals surface area contributed by atoms with Crippen LogP contribution in [0.5, 0.6) is 0 Å². The maximum absolute atomic E-state index is 10.0. The van der Waals surface area contributed by atoms with Gasteiger partial charge in [-0.05, 0) is 0 Å². The maximum atomic E-state index is 10.0. The molecule has 1 N–H and O–H groups in total. The third-order valence-corrected chi connectivity index (χ3v) is 1.79. The van der Waals surface area contributed by atoms with Gasteiger partial charge in [0.1, 0.15) is 0 Å². The van der Waals surface area contributed by atoms with Crippen LogP contribution in [0.3, 0.4) is 0 Å². The van der Waals surface area contributed by atoms with Gasteiger partial charge < -0.3 is 4.55 Å². The van der Waals surface area contributed by atoms with Gasteiger partial charge in [-0.3, -0.25) is 10.1 Å². The van der Waals surface area contributed by atoms with E-state index in [1.807, 2.05) is 0 Å². The van der Waals surface area contributed by atoms with Crippen LogP contribution in [0.1, 0.15) is 13.3 Å². The van der Waals surface area contributed by atoms with E-state index in [-0.39, 0.29) is 6.42 Å². The molecule has 0 saturated carbocycles. The second-order valence-electron chi connectivity index (χ2n) is 1.42. The molecule has 9 heavy (non-hydrogen) atoms. The molecule has 0 amide bonds. The van der Waals surface area contributed by atoms with Gasteiger partial charge >= 0.3 is 5.37 Å². The molecule has 1 unspecified atom stereocenters. The van der Waals surface area contributed by atoms with Crippen LogP contribution in [-0.2, 0) is 11.1 Å². The lowest BCUT2D eigenvalue weighted by Gasteiger charge is -1.98. The van der Waals surface area contributed by atoms with Crippen molar-refractivity contribution in [1.82, 2.24) is 0 Å². The van der Waals surface area contributed by atoms with E-state index in [4.69, 9.17) is 4.55 Å². The van der Waals surface area contributed by atoms with Gasteiger partial charge in [-0.1, -0.05) is 6.92 Å². The molecule has 0 aliphatic heterocycles. The molecule has 6 heteroatoms. The Bertz CT molecular complexity index is 122. The molecule has 0 heterocycles. The van der Waals surface area contributed by atoms with Gasteiger partial charge in [0.2, 0.25) is 11.1 Å². The van der Waals surface area contributed by atoms with Crippen molar-refractivity contribution in [2.45, 2.75) is 18.7 Å². The lowest BCUT2D eigenvalue weighted by atomic mass is 10.5. The predicted octanol–water partition coefficient (Wildman–Crippen LogP) is 0.221. The third kappa shape index (κ3) is 2.52. The topological polar surface area (TPSA) is 80.4 Å². The lowest BCUT2D eigenvalue weighted by molar-refractivity contribution is -0.497. The summed E-state index contributed by atoms with van der Waals surface area (Å²) in [5, 5.41) is 8.50. The zero-order valence-electron chi connectivity index (χ0n) is 4.81. The van der Waals surface area contributed by atoms with Crippen molar-refractivity contribution < 1.29 is 13.7 Å². The van der Waals surface area contributed by atoms with E-state index in [0.717, 1.165) is 0 Å². The summed E-state index contributed by atoms with van der Waals surface area (Å²) in [5.41, 5.74) is 0. The first-order chi connectivity index (χ1) is 4.09. The largest absolute Gasteiger partial charge is 0.309 e. The predicted molar refractivity (Wildman–Crippen MR) is 31.8 cm³/mol. The second kappa shape index (κ2) is 3.52. The summed E-state index contributed by atoms with van der Waals surface area (Å²) in [5.74, 6) is 0. The Balaban J connectivity index is 3.99. The molecule has 0 aromatic heterocycles. The average molecular weight is 153 g/mol. The van der Waals surface area contributed by atoms with Crippen LogP contribution in [0.25, 0.3) is 0 Å². The van der Waals surface area contributed by atoms with Gasteiger partial charge in [-0.2, -0.15) is 0 Å². The Morgan fingerprint density at radius 1 is 1.89 bits per heavy atom. The van der Waals surface area contributed by atoms with E-state index in [1.54, 1.807) is 0 Å². The molecule has 54 valence electrons. The average Bonchev–Trinajstić information content (AvgIpc) is 1.64. The van der Waals surface area contributed by atoms with Gasteiger partial charge in [0, 0.05) is 11.3 Å². The van der Waals surface area contributed by atoms with Crippen LogP contribution in [-0.4, -0.2) is 19.1 Å². The zero-order valence-corrected chi connectivity index (χ0v) is 5.63. The summed E-state index contributed by atoms with van der Waals surface area (Å²) in [6.07, 6.45) is 0.0795. The quantitative estimate of drug-likeness (QED) is 0.357. The summed E-state index contributed by atoms with van der Waals surface area (Å²) < 4.78 is 18.3. The van der Waals surface area contributed by atoms with Crippen LogP contribution in [0, 0.1) is 10.1 Å². The van der Waals surface area contributed by atoms with Crippen molar-refractivity contribution in [3.05, 3.63) is 10.1 Å². The Kier molecular flexibility index (Phi) is 3.33. The van der Waals surface area contributed by atoms with Gasteiger partial charge in [-0.25, -0.2) is 4.21 Å². The smallest absolute Gasteiger partial charge is 0.301 e. The van der Waals surface area contributed by atoms with Crippen LogP contribution >= 0.6 is 0 Å². The number of nitrogens with zero attached hydrogens (tertiary/aromatic N) is 1. The van der Waals surface area contributed by atoms with E-state index >= 15 is 0 Å². The molecule has 0 radical (unpaired) electrons. The minimum absolute atomic E-state index is 0.0795. The molecule has 0 aliphatic carbocycles. The molecule has 0 aliphatic rings. The van der Waals surface area contributed by atoms with Crippen molar-refractivity contribution in [3.8, 4) is 0 Å². The van der Waals surface area contributed by atoms with Crippen LogP contribution in [0.2, 0.25) is 0 Å². The van der Waals surface area contributed by atoms with Crippen molar-refractivity contribution in [2.24, 2.45) is 0 Å². The first-order valence-electron chi connectivity index (χ1n) is 2.32.